The van der Waals surface area contributed by atoms with Crippen LogP contribution in [0.15, 0.2) is 54.6 Å². The number of aryl methyl sites for hydroxylation is 2. The van der Waals surface area contributed by atoms with Crippen molar-refractivity contribution in [3.63, 3.8) is 0 Å². The molecule has 6 heteroatoms. The normalized spacial score (nSPS) is 10.3. The number of nitrogens with one attached hydrogen (secondary N) is 2. The van der Waals surface area contributed by atoms with Crippen molar-refractivity contribution in [2.75, 3.05) is 17.2 Å². The molecule has 0 radical (unpaired) electrons. The van der Waals surface area contributed by atoms with Crippen LogP contribution in [-0.4, -0.2) is 22.5 Å². The highest BCUT2D eigenvalue weighted by atomic mass is 16.5. The number of nitrogens with zero attached hydrogens (tertiary/aromatic N) is 2. The van der Waals surface area contributed by atoms with Gasteiger partial charge < -0.3 is 15.4 Å². The minimum absolute atomic E-state index is 0.279. The second-order valence-corrected chi connectivity index (χ2v) is 6.09. The highest BCUT2D eigenvalue weighted by Gasteiger charge is 2.11. The van der Waals surface area contributed by atoms with Gasteiger partial charge in [-0.25, -0.2) is 9.97 Å². The first kappa shape index (κ1) is 18.4. The molecule has 0 bridgehead atoms. The van der Waals surface area contributed by atoms with E-state index in [1.807, 2.05) is 62.4 Å². The highest BCUT2D eigenvalue weighted by molar-refractivity contribution is 6.03. The average molecular weight is 362 g/mol. The minimum Gasteiger partial charge on any atom is -0.494 e. The van der Waals surface area contributed by atoms with Crippen LogP contribution in [0.3, 0.4) is 0 Å². The lowest BCUT2D eigenvalue weighted by Crippen LogP contribution is -2.15. The fourth-order valence-electron chi connectivity index (χ4n) is 2.53. The molecule has 0 atom stereocenters. The van der Waals surface area contributed by atoms with Crippen LogP contribution in [0.1, 0.15) is 28.8 Å². The van der Waals surface area contributed by atoms with E-state index in [2.05, 4.69) is 20.6 Å². The molecule has 27 heavy (non-hydrogen) atoms. The highest BCUT2D eigenvalue weighted by Crippen LogP contribution is 2.20. The van der Waals surface area contributed by atoms with E-state index in [-0.39, 0.29) is 5.91 Å². The van der Waals surface area contributed by atoms with Gasteiger partial charge in [-0.15, -0.1) is 0 Å². The number of carbonyl (C=O) groups excluding carboxylic acids is 1. The maximum Gasteiger partial charge on any atom is 0.274 e. The van der Waals surface area contributed by atoms with E-state index >= 15 is 0 Å². The number of anilines is 3. The zero-order valence-corrected chi connectivity index (χ0v) is 15.6. The van der Waals surface area contributed by atoms with Gasteiger partial charge in [0, 0.05) is 17.4 Å². The summed E-state index contributed by atoms with van der Waals surface area (Å²) in [4.78, 5) is 21.1. The van der Waals surface area contributed by atoms with E-state index in [4.69, 9.17) is 4.74 Å². The van der Waals surface area contributed by atoms with Crippen LogP contribution in [0.25, 0.3) is 0 Å². The number of aromatic nitrogens is 2. The van der Waals surface area contributed by atoms with E-state index in [0.29, 0.717) is 23.9 Å². The summed E-state index contributed by atoms with van der Waals surface area (Å²) in [6, 6.07) is 16.8. The van der Waals surface area contributed by atoms with Gasteiger partial charge in [0.15, 0.2) is 0 Å². The summed E-state index contributed by atoms with van der Waals surface area (Å²) < 4.78 is 5.44. The Morgan fingerprint density at radius 3 is 2.30 bits per heavy atom. The molecule has 0 aliphatic heterocycles. The fraction of sp³-hybridized carbons (Fsp3) is 0.190. The quantitative estimate of drug-likeness (QED) is 0.676. The second-order valence-electron chi connectivity index (χ2n) is 6.09. The van der Waals surface area contributed by atoms with Crippen molar-refractivity contribution in [2.24, 2.45) is 0 Å². The molecule has 0 aliphatic carbocycles. The molecule has 0 spiro atoms. The second kappa shape index (κ2) is 8.31. The number of carbonyl (C=O) groups is 1. The molecular formula is C21H22N4O2. The molecule has 6 nitrogen and oxygen atoms in total. The number of ether oxygens (including phenoxy) is 1. The van der Waals surface area contributed by atoms with Gasteiger partial charge in [0.1, 0.15) is 23.1 Å². The first-order valence-electron chi connectivity index (χ1n) is 8.77. The van der Waals surface area contributed by atoms with Crippen molar-refractivity contribution in [3.8, 4) is 5.75 Å². The Bertz CT molecular complexity index is 922. The first-order chi connectivity index (χ1) is 13.0. The summed E-state index contributed by atoms with van der Waals surface area (Å²) in [5.74, 6) is 1.60. The molecule has 1 amide bonds. The van der Waals surface area contributed by atoms with Crippen molar-refractivity contribution in [1.29, 1.82) is 0 Å². The predicted molar refractivity (Wildman–Crippen MR) is 107 cm³/mol. The van der Waals surface area contributed by atoms with Crippen molar-refractivity contribution in [2.45, 2.75) is 20.8 Å². The third-order valence-corrected chi connectivity index (χ3v) is 3.82. The number of hydrogen-bond donors (Lipinski definition) is 2. The number of hydrogen-bond acceptors (Lipinski definition) is 5. The van der Waals surface area contributed by atoms with E-state index in [1.165, 1.54) is 0 Å². The van der Waals surface area contributed by atoms with Gasteiger partial charge in [-0.1, -0.05) is 17.7 Å². The van der Waals surface area contributed by atoms with Crippen LogP contribution in [0, 0.1) is 13.8 Å². The fourth-order valence-corrected chi connectivity index (χ4v) is 2.53. The molecule has 0 fully saturated rings. The van der Waals surface area contributed by atoms with Gasteiger partial charge in [-0.05, 0) is 57.2 Å². The summed E-state index contributed by atoms with van der Waals surface area (Å²) >= 11 is 0. The van der Waals surface area contributed by atoms with Gasteiger partial charge >= 0.3 is 0 Å². The van der Waals surface area contributed by atoms with Gasteiger partial charge in [-0.2, -0.15) is 0 Å². The van der Waals surface area contributed by atoms with E-state index in [9.17, 15) is 4.79 Å². The molecule has 3 rings (SSSR count). The molecule has 0 unspecified atom stereocenters. The molecule has 3 aromatic rings. The van der Waals surface area contributed by atoms with Gasteiger partial charge in [0.05, 0.1) is 6.61 Å². The molecule has 1 heterocycles. The molecule has 0 saturated carbocycles. The Hall–Kier alpha value is -3.41. The van der Waals surface area contributed by atoms with Gasteiger partial charge in [-0.3, -0.25) is 4.79 Å². The first-order valence-corrected chi connectivity index (χ1v) is 8.77. The standard InChI is InChI=1S/C21H22N4O2/c1-4-27-18-11-9-16(10-12-18)24-20-13-19(22-15(3)23-20)21(26)25-17-7-5-14(2)6-8-17/h5-13H,4H2,1-3H3,(H,25,26)(H,22,23,24). The minimum atomic E-state index is -0.279. The van der Waals surface area contributed by atoms with Gasteiger partial charge in [0.25, 0.3) is 5.91 Å². The SMILES string of the molecule is CCOc1ccc(Nc2cc(C(=O)Nc3ccc(C)cc3)nc(C)n2)cc1. The molecule has 138 valence electrons. The zero-order chi connectivity index (χ0) is 19.2. The Morgan fingerprint density at radius 2 is 1.63 bits per heavy atom. The summed E-state index contributed by atoms with van der Waals surface area (Å²) in [5, 5.41) is 6.05. The van der Waals surface area contributed by atoms with Crippen LogP contribution in [0.5, 0.6) is 5.75 Å². The van der Waals surface area contributed by atoms with Crippen molar-refractivity contribution >= 4 is 23.1 Å². The van der Waals surface area contributed by atoms with Crippen molar-refractivity contribution in [3.05, 3.63) is 71.7 Å². The summed E-state index contributed by atoms with van der Waals surface area (Å²) in [6.07, 6.45) is 0. The van der Waals surface area contributed by atoms with Crippen molar-refractivity contribution in [1.82, 2.24) is 9.97 Å². The Labute approximate surface area is 158 Å². The van der Waals surface area contributed by atoms with E-state index < -0.39 is 0 Å². The van der Waals surface area contributed by atoms with Crippen LogP contribution < -0.4 is 15.4 Å². The van der Waals surface area contributed by atoms with Crippen molar-refractivity contribution < 1.29 is 9.53 Å². The Morgan fingerprint density at radius 1 is 0.963 bits per heavy atom. The molecule has 2 N–H and O–H groups in total. The largest absolute Gasteiger partial charge is 0.494 e. The number of benzene rings is 2. The molecule has 1 aromatic heterocycles. The summed E-state index contributed by atoms with van der Waals surface area (Å²) in [7, 11) is 0. The molecule has 0 aliphatic rings. The van der Waals surface area contributed by atoms with Crippen LogP contribution in [-0.2, 0) is 0 Å². The maximum absolute atomic E-state index is 12.5. The monoisotopic (exact) mass is 362 g/mol. The lowest BCUT2D eigenvalue weighted by atomic mass is 10.2. The Kier molecular flexibility index (Phi) is 5.66. The topological polar surface area (TPSA) is 76.1 Å². The van der Waals surface area contributed by atoms with Crippen LogP contribution in [0.4, 0.5) is 17.2 Å². The lowest BCUT2D eigenvalue weighted by Gasteiger charge is -2.10. The van der Waals surface area contributed by atoms with E-state index in [1.54, 1.807) is 13.0 Å². The summed E-state index contributed by atoms with van der Waals surface area (Å²) in [5.41, 5.74) is 3.01. The van der Waals surface area contributed by atoms with Gasteiger partial charge in [0.2, 0.25) is 0 Å². The maximum atomic E-state index is 12.5. The third-order valence-electron chi connectivity index (χ3n) is 3.82. The molecule has 0 saturated heterocycles. The third kappa shape index (κ3) is 5.04. The smallest absolute Gasteiger partial charge is 0.274 e. The van der Waals surface area contributed by atoms with Crippen LogP contribution >= 0.6 is 0 Å². The number of amides is 1. The molecule has 2 aromatic carbocycles. The predicted octanol–water partition coefficient (Wildman–Crippen LogP) is 4.49. The number of rotatable bonds is 6. The summed E-state index contributed by atoms with van der Waals surface area (Å²) in [6.45, 7) is 6.32. The van der Waals surface area contributed by atoms with E-state index in [0.717, 1.165) is 22.7 Å². The lowest BCUT2D eigenvalue weighted by molar-refractivity contribution is 0.102. The van der Waals surface area contributed by atoms with Crippen LogP contribution in [0.2, 0.25) is 0 Å². The average Bonchev–Trinajstić information content (AvgIpc) is 2.65. The molecular weight excluding hydrogens is 340 g/mol. The Balaban J connectivity index is 1.75. The zero-order valence-electron chi connectivity index (χ0n) is 15.6.